The first kappa shape index (κ1) is 15.5. The summed E-state index contributed by atoms with van der Waals surface area (Å²) >= 11 is 0. The lowest BCUT2D eigenvalue weighted by molar-refractivity contribution is -0.571. The molecule has 2 aromatic rings. The summed E-state index contributed by atoms with van der Waals surface area (Å²) in [5.41, 5.74) is 8.95. The molecule has 1 heteroatoms. The third-order valence-electron chi connectivity index (χ3n) is 4.09. The Bertz CT molecular complexity index is 680. The molecule has 0 radical (unpaired) electrons. The van der Waals surface area contributed by atoms with E-state index in [-0.39, 0.29) is 0 Å². The molecule has 0 saturated heterocycles. The number of aromatic nitrogens is 1. The fourth-order valence-electron chi connectivity index (χ4n) is 2.73. The van der Waals surface area contributed by atoms with Crippen molar-refractivity contribution in [3.05, 3.63) is 59.3 Å². The molecule has 0 aliphatic rings. The number of nitrogens with zero attached hydrogens (tertiary/aromatic N) is 1. The van der Waals surface area contributed by atoms with E-state index in [0.717, 1.165) is 18.5 Å². The van der Waals surface area contributed by atoms with Crippen molar-refractivity contribution in [1.82, 2.24) is 0 Å². The van der Waals surface area contributed by atoms with Crippen LogP contribution in [-0.4, -0.2) is 0 Å². The normalized spacial score (nSPS) is 10.7. The topological polar surface area (TPSA) is 3.88 Å². The minimum absolute atomic E-state index is 1.02. The smallest absolute Gasteiger partial charge is 0.164 e. The second kappa shape index (κ2) is 6.26. The molecule has 0 bridgehead atoms. The van der Waals surface area contributed by atoms with E-state index < -0.39 is 0 Å². The quantitative estimate of drug-likeness (QED) is 0.682. The van der Waals surface area contributed by atoms with Gasteiger partial charge in [0.1, 0.15) is 0 Å². The highest BCUT2D eigenvalue weighted by molar-refractivity contribution is 5.63. The summed E-state index contributed by atoms with van der Waals surface area (Å²) in [6.07, 6.45) is 4.36. The highest BCUT2D eigenvalue weighted by Crippen LogP contribution is 2.24. The third-order valence-corrected chi connectivity index (χ3v) is 4.09. The van der Waals surface area contributed by atoms with Crippen LogP contribution in [0.2, 0.25) is 0 Å². The van der Waals surface area contributed by atoms with E-state index in [4.69, 9.17) is 0 Å². The van der Waals surface area contributed by atoms with Crippen molar-refractivity contribution in [1.29, 1.82) is 0 Å². The van der Waals surface area contributed by atoms with E-state index >= 15 is 0 Å². The predicted octanol–water partition coefficient (Wildman–Crippen LogP) is 5.15. The standard InChI is InChI=1S/C20H26N/c1-7-8-18(6)21-13-17(5)15(3)12-20(21)19-10-9-14(2)11-16(19)4/h9-13H,6-8H2,1-5H3/q+1. The Hall–Kier alpha value is -1.89. The number of benzene rings is 1. The first-order valence-corrected chi connectivity index (χ1v) is 7.72. The molecule has 0 fully saturated rings. The van der Waals surface area contributed by atoms with E-state index in [9.17, 15) is 0 Å². The van der Waals surface area contributed by atoms with E-state index in [1.165, 1.54) is 33.5 Å². The zero-order valence-corrected chi connectivity index (χ0v) is 14.0. The average molecular weight is 280 g/mol. The molecular formula is C20H26N+. The lowest BCUT2D eigenvalue weighted by Crippen LogP contribution is -2.35. The molecule has 0 aliphatic carbocycles. The van der Waals surface area contributed by atoms with Crippen LogP contribution in [0.4, 0.5) is 0 Å². The van der Waals surface area contributed by atoms with Crippen LogP contribution in [0.3, 0.4) is 0 Å². The summed E-state index contributed by atoms with van der Waals surface area (Å²) in [4.78, 5) is 0. The van der Waals surface area contributed by atoms with Crippen LogP contribution in [0.1, 0.15) is 42.0 Å². The maximum atomic E-state index is 4.28. The predicted molar refractivity (Wildman–Crippen MR) is 91.3 cm³/mol. The molecule has 0 amide bonds. The van der Waals surface area contributed by atoms with Gasteiger partial charge in [-0.05, 0) is 57.9 Å². The molecular weight excluding hydrogens is 254 g/mol. The number of allylic oxidation sites excluding steroid dienone is 1. The molecule has 21 heavy (non-hydrogen) atoms. The summed E-state index contributed by atoms with van der Waals surface area (Å²) < 4.78 is 2.27. The van der Waals surface area contributed by atoms with Crippen molar-refractivity contribution in [2.24, 2.45) is 0 Å². The lowest BCUT2D eigenvalue weighted by atomic mass is 9.99. The molecule has 1 aromatic heterocycles. The molecule has 1 heterocycles. The fourth-order valence-corrected chi connectivity index (χ4v) is 2.73. The molecule has 1 nitrogen and oxygen atoms in total. The van der Waals surface area contributed by atoms with Gasteiger partial charge in [-0.1, -0.05) is 24.6 Å². The molecule has 1 aromatic carbocycles. The van der Waals surface area contributed by atoms with Crippen molar-refractivity contribution < 1.29 is 4.57 Å². The van der Waals surface area contributed by atoms with Gasteiger partial charge in [0.05, 0.1) is 0 Å². The monoisotopic (exact) mass is 280 g/mol. The molecule has 0 spiro atoms. The summed E-state index contributed by atoms with van der Waals surface area (Å²) in [6, 6.07) is 8.94. The highest BCUT2D eigenvalue weighted by Gasteiger charge is 2.19. The SMILES string of the molecule is C=C(CCC)[n+]1cc(C)c(C)cc1-c1ccc(C)cc1C. The Morgan fingerprint density at radius 3 is 2.33 bits per heavy atom. The number of pyridine rings is 1. The van der Waals surface area contributed by atoms with Crippen molar-refractivity contribution in [3.63, 3.8) is 0 Å². The molecule has 0 saturated carbocycles. The van der Waals surface area contributed by atoms with Gasteiger partial charge in [-0.3, -0.25) is 0 Å². The van der Waals surface area contributed by atoms with E-state index in [1.54, 1.807) is 0 Å². The van der Waals surface area contributed by atoms with Crippen molar-refractivity contribution in [2.45, 2.75) is 47.5 Å². The van der Waals surface area contributed by atoms with E-state index in [0.29, 0.717) is 0 Å². The zero-order valence-electron chi connectivity index (χ0n) is 14.0. The maximum absolute atomic E-state index is 4.28. The number of rotatable bonds is 4. The zero-order chi connectivity index (χ0) is 15.6. The Labute approximate surface area is 129 Å². The molecule has 0 atom stereocenters. The maximum Gasteiger partial charge on any atom is 0.218 e. The van der Waals surface area contributed by atoms with Crippen LogP contribution in [-0.2, 0) is 0 Å². The largest absolute Gasteiger partial charge is 0.218 e. The Balaban J connectivity index is 2.66. The van der Waals surface area contributed by atoms with E-state index in [1.807, 2.05) is 0 Å². The average Bonchev–Trinajstić information content (AvgIpc) is 2.42. The highest BCUT2D eigenvalue weighted by atomic mass is 15.0. The molecule has 0 unspecified atom stereocenters. The van der Waals surface area contributed by atoms with Crippen LogP contribution < -0.4 is 4.57 Å². The first-order valence-electron chi connectivity index (χ1n) is 7.72. The van der Waals surface area contributed by atoms with Crippen LogP contribution in [0, 0.1) is 27.7 Å². The summed E-state index contributed by atoms with van der Waals surface area (Å²) in [6.45, 7) is 15.1. The van der Waals surface area contributed by atoms with Gasteiger partial charge < -0.3 is 0 Å². The summed E-state index contributed by atoms with van der Waals surface area (Å²) in [5, 5.41) is 0. The number of hydrogen-bond acceptors (Lipinski definition) is 0. The second-order valence-electron chi connectivity index (χ2n) is 6.03. The Kier molecular flexibility index (Phi) is 4.62. The number of hydrogen-bond donors (Lipinski definition) is 0. The van der Waals surface area contributed by atoms with Gasteiger partial charge in [0.15, 0.2) is 11.9 Å². The van der Waals surface area contributed by atoms with Gasteiger partial charge in [0.2, 0.25) is 5.69 Å². The second-order valence-corrected chi connectivity index (χ2v) is 6.03. The Morgan fingerprint density at radius 1 is 1.00 bits per heavy atom. The van der Waals surface area contributed by atoms with Crippen LogP contribution in [0.25, 0.3) is 17.0 Å². The minimum atomic E-state index is 1.02. The molecule has 110 valence electrons. The van der Waals surface area contributed by atoms with Crippen LogP contribution in [0.5, 0.6) is 0 Å². The van der Waals surface area contributed by atoms with Crippen molar-refractivity contribution >= 4 is 5.70 Å². The van der Waals surface area contributed by atoms with Crippen LogP contribution in [0.15, 0.2) is 37.0 Å². The van der Waals surface area contributed by atoms with E-state index in [2.05, 4.69) is 76.2 Å². The van der Waals surface area contributed by atoms with Crippen molar-refractivity contribution in [3.8, 4) is 11.3 Å². The van der Waals surface area contributed by atoms with Gasteiger partial charge in [0.25, 0.3) is 0 Å². The lowest BCUT2D eigenvalue weighted by Gasteiger charge is -2.11. The van der Waals surface area contributed by atoms with Gasteiger partial charge in [-0.2, -0.15) is 4.57 Å². The fraction of sp³-hybridized carbons (Fsp3) is 0.350. The molecule has 0 aliphatic heterocycles. The molecule has 0 N–H and O–H groups in total. The summed E-state index contributed by atoms with van der Waals surface area (Å²) in [5.74, 6) is 0. The van der Waals surface area contributed by atoms with Gasteiger partial charge in [0, 0.05) is 23.6 Å². The van der Waals surface area contributed by atoms with Crippen molar-refractivity contribution in [2.75, 3.05) is 0 Å². The third kappa shape index (κ3) is 3.24. The number of aryl methyl sites for hydroxylation is 4. The van der Waals surface area contributed by atoms with Gasteiger partial charge in [-0.15, -0.1) is 0 Å². The van der Waals surface area contributed by atoms with Gasteiger partial charge >= 0.3 is 0 Å². The minimum Gasteiger partial charge on any atom is -0.164 e. The molecule has 2 rings (SSSR count). The van der Waals surface area contributed by atoms with Gasteiger partial charge in [-0.25, -0.2) is 0 Å². The first-order chi connectivity index (χ1) is 9.93. The Morgan fingerprint density at radius 2 is 1.71 bits per heavy atom. The van der Waals surface area contributed by atoms with Crippen LogP contribution >= 0.6 is 0 Å². The summed E-state index contributed by atoms with van der Waals surface area (Å²) in [7, 11) is 0.